The first-order valence-corrected chi connectivity index (χ1v) is 7.72. The Labute approximate surface area is 128 Å². The predicted molar refractivity (Wildman–Crippen MR) is 79.3 cm³/mol. The first-order chi connectivity index (χ1) is 10.6. The SMILES string of the molecule is Cc1cc(C[C@@H]2CCC[C@H]2NCc2cccc(F)c2F)on1. The van der Waals surface area contributed by atoms with Gasteiger partial charge >= 0.3 is 0 Å². The van der Waals surface area contributed by atoms with E-state index in [2.05, 4.69) is 10.5 Å². The summed E-state index contributed by atoms with van der Waals surface area (Å²) in [4.78, 5) is 0. The number of aryl methyl sites for hydroxylation is 1. The zero-order valence-corrected chi connectivity index (χ0v) is 12.6. The minimum atomic E-state index is -0.792. The molecular formula is C17H20F2N2O. The lowest BCUT2D eigenvalue weighted by molar-refractivity contribution is 0.328. The maximum atomic E-state index is 13.7. The highest BCUT2D eigenvalue weighted by atomic mass is 19.2. The lowest BCUT2D eigenvalue weighted by Gasteiger charge is -2.20. The molecule has 1 aliphatic carbocycles. The van der Waals surface area contributed by atoms with E-state index in [9.17, 15) is 8.78 Å². The normalized spacial score (nSPS) is 21.4. The molecule has 0 amide bonds. The smallest absolute Gasteiger partial charge is 0.163 e. The number of aromatic nitrogens is 1. The summed E-state index contributed by atoms with van der Waals surface area (Å²) in [6, 6.07) is 6.56. The van der Waals surface area contributed by atoms with Crippen molar-refractivity contribution in [2.24, 2.45) is 5.92 Å². The Hall–Kier alpha value is -1.75. The second kappa shape index (κ2) is 6.57. The van der Waals surface area contributed by atoms with Gasteiger partial charge in [-0.15, -0.1) is 0 Å². The van der Waals surface area contributed by atoms with Gasteiger partial charge in [0, 0.05) is 30.6 Å². The number of halogens is 2. The van der Waals surface area contributed by atoms with Crippen molar-refractivity contribution in [3.8, 4) is 0 Å². The molecule has 0 spiro atoms. The van der Waals surface area contributed by atoms with Crippen molar-refractivity contribution < 1.29 is 13.3 Å². The van der Waals surface area contributed by atoms with Gasteiger partial charge in [0.05, 0.1) is 5.69 Å². The van der Waals surface area contributed by atoms with Gasteiger partial charge in [0.1, 0.15) is 5.76 Å². The number of hydrogen-bond donors (Lipinski definition) is 1. The molecule has 22 heavy (non-hydrogen) atoms. The summed E-state index contributed by atoms with van der Waals surface area (Å²) >= 11 is 0. The lowest BCUT2D eigenvalue weighted by atomic mass is 9.97. The van der Waals surface area contributed by atoms with Gasteiger partial charge < -0.3 is 9.84 Å². The van der Waals surface area contributed by atoms with Crippen molar-refractivity contribution >= 4 is 0 Å². The molecule has 0 unspecified atom stereocenters. The van der Waals surface area contributed by atoms with Crippen LogP contribution in [0.2, 0.25) is 0 Å². The van der Waals surface area contributed by atoms with E-state index >= 15 is 0 Å². The zero-order chi connectivity index (χ0) is 15.5. The van der Waals surface area contributed by atoms with Crippen LogP contribution in [0.4, 0.5) is 8.78 Å². The summed E-state index contributed by atoms with van der Waals surface area (Å²) in [7, 11) is 0. The van der Waals surface area contributed by atoms with Crippen molar-refractivity contribution in [1.82, 2.24) is 10.5 Å². The number of benzene rings is 1. The second-order valence-corrected chi connectivity index (χ2v) is 6.03. The van der Waals surface area contributed by atoms with Gasteiger partial charge in [0.2, 0.25) is 0 Å². The van der Waals surface area contributed by atoms with Crippen LogP contribution in [-0.2, 0) is 13.0 Å². The molecule has 1 aromatic carbocycles. The molecule has 0 radical (unpaired) electrons. The molecule has 0 aliphatic heterocycles. The molecular weight excluding hydrogens is 286 g/mol. The van der Waals surface area contributed by atoms with Crippen LogP contribution in [0.5, 0.6) is 0 Å². The second-order valence-electron chi connectivity index (χ2n) is 6.03. The first-order valence-electron chi connectivity index (χ1n) is 7.72. The average Bonchev–Trinajstić information content (AvgIpc) is 3.10. The molecule has 3 rings (SSSR count). The molecule has 1 N–H and O–H groups in total. The maximum absolute atomic E-state index is 13.7. The van der Waals surface area contributed by atoms with Gasteiger partial charge in [0.15, 0.2) is 11.6 Å². The fraction of sp³-hybridized carbons (Fsp3) is 0.471. The Morgan fingerprint density at radius 2 is 2.18 bits per heavy atom. The highest BCUT2D eigenvalue weighted by molar-refractivity contribution is 5.19. The third kappa shape index (κ3) is 3.35. The first kappa shape index (κ1) is 15.2. The Morgan fingerprint density at radius 3 is 2.95 bits per heavy atom. The fourth-order valence-electron chi connectivity index (χ4n) is 3.25. The van der Waals surface area contributed by atoms with E-state index in [1.165, 1.54) is 0 Å². The third-order valence-corrected chi connectivity index (χ3v) is 4.39. The van der Waals surface area contributed by atoms with E-state index in [4.69, 9.17) is 4.52 Å². The van der Waals surface area contributed by atoms with Crippen LogP contribution in [0, 0.1) is 24.5 Å². The Balaban J connectivity index is 1.60. The van der Waals surface area contributed by atoms with E-state index in [-0.39, 0.29) is 0 Å². The number of rotatable bonds is 5. The van der Waals surface area contributed by atoms with Crippen molar-refractivity contribution in [2.75, 3.05) is 0 Å². The van der Waals surface area contributed by atoms with Gasteiger partial charge in [-0.3, -0.25) is 0 Å². The molecule has 0 bridgehead atoms. The van der Waals surface area contributed by atoms with Gasteiger partial charge in [-0.25, -0.2) is 8.78 Å². The Kier molecular flexibility index (Phi) is 4.52. The molecule has 1 aliphatic rings. The van der Waals surface area contributed by atoms with Crippen LogP contribution >= 0.6 is 0 Å². The quantitative estimate of drug-likeness (QED) is 0.914. The number of hydrogen-bond acceptors (Lipinski definition) is 3. The summed E-state index contributed by atoms with van der Waals surface area (Å²) in [5.41, 5.74) is 1.26. The van der Waals surface area contributed by atoms with Gasteiger partial charge in [0.25, 0.3) is 0 Å². The van der Waals surface area contributed by atoms with Crippen LogP contribution in [0.3, 0.4) is 0 Å². The van der Waals surface area contributed by atoms with E-state index in [1.54, 1.807) is 12.1 Å². The number of nitrogens with zero attached hydrogens (tertiary/aromatic N) is 1. The molecule has 1 heterocycles. The van der Waals surface area contributed by atoms with Gasteiger partial charge in [-0.05, 0) is 31.7 Å². The molecule has 1 fully saturated rings. The summed E-state index contributed by atoms with van der Waals surface area (Å²) in [5.74, 6) is -0.202. The molecule has 1 saturated carbocycles. The zero-order valence-electron chi connectivity index (χ0n) is 12.6. The van der Waals surface area contributed by atoms with E-state index in [1.807, 2.05) is 13.0 Å². The summed E-state index contributed by atoms with van der Waals surface area (Å²) < 4.78 is 32.2. The molecule has 0 saturated heterocycles. The summed E-state index contributed by atoms with van der Waals surface area (Å²) in [6.07, 6.45) is 4.14. The molecule has 3 nitrogen and oxygen atoms in total. The minimum absolute atomic E-state index is 0.299. The fourth-order valence-corrected chi connectivity index (χ4v) is 3.25. The van der Waals surface area contributed by atoms with Gasteiger partial charge in [-0.1, -0.05) is 23.7 Å². The lowest BCUT2D eigenvalue weighted by Crippen LogP contribution is -2.33. The average molecular weight is 306 g/mol. The maximum Gasteiger partial charge on any atom is 0.163 e. The van der Waals surface area contributed by atoms with Crippen LogP contribution in [0.25, 0.3) is 0 Å². The highest BCUT2D eigenvalue weighted by Crippen LogP contribution is 2.29. The van der Waals surface area contributed by atoms with Crippen molar-refractivity contribution in [3.63, 3.8) is 0 Å². The standard InChI is InChI=1S/C17H20F2N2O/c1-11-8-14(22-21-11)9-12-4-3-7-16(12)20-10-13-5-2-6-15(18)17(13)19/h2,5-6,8,12,16,20H,3-4,7,9-10H2,1H3/t12-,16+/m0/s1. The largest absolute Gasteiger partial charge is 0.361 e. The predicted octanol–water partition coefficient (Wildman–Crippen LogP) is 3.76. The topological polar surface area (TPSA) is 38.1 Å². The van der Waals surface area contributed by atoms with Gasteiger partial charge in [-0.2, -0.15) is 0 Å². The summed E-state index contributed by atoms with van der Waals surface area (Å²) in [5, 5.41) is 7.29. The third-order valence-electron chi connectivity index (χ3n) is 4.39. The number of nitrogens with one attached hydrogen (secondary N) is 1. The Morgan fingerprint density at radius 1 is 1.32 bits per heavy atom. The summed E-state index contributed by atoms with van der Waals surface area (Å²) in [6.45, 7) is 2.25. The van der Waals surface area contributed by atoms with Crippen LogP contribution in [-0.4, -0.2) is 11.2 Å². The highest BCUT2D eigenvalue weighted by Gasteiger charge is 2.28. The van der Waals surface area contributed by atoms with E-state index in [0.717, 1.165) is 43.2 Å². The minimum Gasteiger partial charge on any atom is -0.361 e. The monoisotopic (exact) mass is 306 g/mol. The van der Waals surface area contributed by atoms with Crippen LogP contribution < -0.4 is 5.32 Å². The van der Waals surface area contributed by atoms with E-state index in [0.29, 0.717) is 24.1 Å². The van der Waals surface area contributed by atoms with E-state index < -0.39 is 11.6 Å². The van der Waals surface area contributed by atoms with Crippen molar-refractivity contribution in [2.45, 2.75) is 45.2 Å². The van der Waals surface area contributed by atoms with Crippen LogP contribution in [0.1, 0.15) is 36.3 Å². The van der Waals surface area contributed by atoms with Crippen molar-refractivity contribution in [3.05, 3.63) is 52.9 Å². The van der Waals surface area contributed by atoms with Crippen LogP contribution in [0.15, 0.2) is 28.8 Å². The molecule has 1 aromatic heterocycles. The molecule has 5 heteroatoms. The Bertz CT molecular complexity index is 641. The van der Waals surface area contributed by atoms with Crippen molar-refractivity contribution in [1.29, 1.82) is 0 Å². The molecule has 118 valence electrons. The molecule has 2 aromatic rings. The molecule has 2 atom stereocenters.